The van der Waals surface area contributed by atoms with Crippen LogP contribution in [-0.2, 0) is 19.1 Å². The lowest BCUT2D eigenvalue weighted by Gasteiger charge is -2.21. The first-order valence-corrected chi connectivity index (χ1v) is 7.24. The summed E-state index contributed by atoms with van der Waals surface area (Å²) in [5.74, 6) is -1.57. The smallest absolute Gasteiger partial charge is 0.309 e. The zero-order valence-electron chi connectivity index (χ0n) is 12.7. The summed E-state index contributed by atoms with van der Waals surface area (Å²) in [5, 5.41) is 27.3. The van der Waals surface area contributed by atoms with Gasteiger partial charge in [0.1, 0.15) is 6.61 Å². The van der Waals surface area contributed by atoms with Crippen LogP contribution in [0, 0.1) is 5.92 Å². The number of hydrogen-bond donors (Lipinski definition) is 3. The van der Waals surface area contributed by atoms with Crippen molar-refractivity contribution in [3.63, 3.8) is 0 Å². The molecule has 0 saturated heterocycles. The maximum absolute atomic E-state index is 11.9. The highest BCUT2D eigenvalue weighted by Crippen LogP contribution is 2.14. The van der Waals surface area contributed by atoms with Gasteiger partial charge in [-0.2, -0.15) is 0 Å². The topological polar surface area (TPSA) is 113 Å². The monoisotopic (exact) mass is 306 g/mol. The molecule has 0 spiro atoms. The van der Waals surface area contributed by atoms with Crippen molar-refractivity contribution in [1.29, 1.82) is 0 Å². The second-order valence-electron chi connectivity index (χ2n) is 4.85. The SMILES string of the molecule is CCCC(=O)OCC(CO)OC(=O)C(CC)CC(O)CO. The molecule has 0 aliphatic rings. The summed E-state index contributed by atoms with van der Waals surface area (Å²) in [6.07, 6.45) is -0.467. The van der Waals surface area contributed by atoms with E-state index in [1.807, 2.05) is 6.92 Å². The molecule has 0 saturated carbocycles. The highest BCUT2D eigenvalue weighted by Gasteiger charge is 2.25. The third-order valence-corrected chi connectivity index (χ3v) is 2.96. The minimum Gasteiger partial charge on any atom is -0.462 e. The van der Waals surface area contributed by atoms with Crippen molar-refractivity contribution in [3.05, 3.63) is 0 Å². The van der Waals surface area contributed by atoms with Crippen LogP contribution in [0.1, 0.15) is 39.5 Å². The maximum atomic E-state index is 11.9. The Kier molecular flexibility index (Phi) is 10.8. The Morgan fingerprint density at radius 2 is 1.81 bits per heavy atom. The minimum atomic E-state index is -0.988. The van der Waals surface area contributed by atoms with Crippen LogP contribution in [0.15, 0.2) is 0 Å². The molecule has 0 aliphatic heterocycles. The zero-order valence-corrected chi connectivity index (χ0v) is 12.7. The fourth-order valence-corrected chi connectivity index (χ4v) is 1.68. The van der Waals surface area contributed by atoms with Gasteiger partial charge in [-0.1, -0.05) is 13.8 Å². The van der Waals surface area contributed by atoms with Gasteiger partial charge >= 0.3 is 11.9 Å². The number of rotatable bonds is 11. The van der Waals surface area contributed by atoms with Gasteiger partial charge in [-0.25, -0.2) is 0 Å². The first-order chi connectivity index (χ1) is 9.98. The van der Waals surface area contributed by atoms with Crippen LogP contribution in [0.3, 0.4) is 0 Å². The largest absolute Gasteiger partial charge is 0.462 e. The van der Waals surface area contributed by atoms with E-state index in [4.69, 9.17) is 19.7 Å². The summed E-state index contributed by atoms with van der Waals surface area (Å²) in [4.78, 5) is 23.1. The predicted molar refractivity (Wildman–Crippen MR) is 74.3 cm³/mol. The molecule has 124 valence electrons. The first kappa shape index (κ1) is 19.8. The molecule has 0 rings (SSSR count). The molecule has 0 radical (unpaired) electrons. The molecular formula is C14H26O7. The van der Waals surface area contributed by atoms with Crippen LogP contribution in [-0.4, -0.2) is 59.3 Å². The van der Waals surface area contributed by atoms with Crippen LogP contribution in [0.2, 0.25) is 0 Å². The first-order valence-electron chi connectivity index (χ1n) is 7.24. The molecule has 0 heterocycles. The Labute approximate surface area is 124 Å². The average Bonchev–Trinajstić information content (AvgIpc) is 2.48. The molecule has 3 unspecified atom stereocenters. The lowest BCUT2D eigenvalue weighted by molar-refractivity contribution is -0.166. The van der Waals surface area contributed by atoms with Gasteiger partial charge < -0.3 is 24.8 Å². The Morgan fingerprint density at radius 3 is 2.29 bits per heavy atom. The van der Waals surface area contributed by atoms with Crippen molar-refractivity contribution in [2.24, 2.45) is 5.92 Å². The van der Waals surface area contributed by atoms with Crippen molar-refractivity contribution in [3.8, 4) is 0 Å². The van der Waals surface area contributed by atoms with Crippen LogP contribution >= 0.6 is 0 Å². The van der Waals surface area contributed by atoms with Crippen LogP contribution in [0.25, 0.3) is 0 Å². The number of aliphatic hydroxyl groups excluding tert-OH is 3. The van der Waals surface area contributed by atoms with E-state index in [2.05, 4.69) is 0 Å². The van der Waals surface area contributed by atoms with Gasteiger partial charge in [0, 0.05) is 6.42 Å². The highest BCUT2D eigenvalue weighted by atomic mass is 16.6. The number of aliphatic hydroxyl groups is 3. The molecule has 21 heavy (non-hydrogen) atoms. The van der Waals surface area contributed by atoms with E-state index in [1.165, 1.54) is 0 Å². The molecule has 0 bridgehead atoms. The van der Waals surface area contributed by atoms with E-state index in [0.717, 1.165) is 0 Å². The van der Waals surface area contributed by atoms with E-state index in [9.17, 15) is 14.7 Å². The lowest BCUT2D eigenvalue weighted by atomic mass is 9.99. The molecule has 3 atom stereocenters. The van der Waals surface area contributed by atoms with Gasteiger partial charge in [-0.3, -0.25) is 9.59 Å². The lowest BCUT2D eigenvalue weighted by Crippen LogP contribution is -2.32. The molecule has 0 aromatic heterocycles. The number of carbonyl (C=O) groups excluding carboxylic acids is 2. The Bertz CT molecular complexity index is 306. The van der Waals surface area contributed by atoms with E-state index in [1.54, 1.807) is 6.92 Å². The van der Waals surface area contributed by atoms with E-state index in [0.29, 0.717) is 12.8 Å². The molecule has 7 nitrogen and oxygen atoms in total. The van der Waals surface area contributed by atoms with Crippen molar-refractivity contribution < 1.29 is 34.4 Å². The minimum absolute atomic E-state index is 0.0829. The molecule has 0 fully saturated rings. The highest BCUT2D eigenvalue weighted by molar-refractivity contribution is 5.72. The van der Waals surface area contributed by atoms with Gasteiger partial charge in [0.2, 0.25) is 0 Å². The number of hydrogen-bond acceptors (Lipinski definition) is 7. The van der Waals surface area contributed by atoms with Gasteiger partial charge in [0.05, 0.1) is 25.2 Å². The normalized spacial score (nSPS) is 15.1. The molecular weight excluding hydrogens is 280 g/mol. The van der Waals surface area contributed by atoms with Gasteiger partial charge in [-0.05, 0) is 19.3 Å². The van der Waals surface area contributed by atoms with Crippen LogP contribution < -0.4 is 0 Å². The van der Waals surface area contributed by atoms with E-state index in [-0.39, 0.29) is 19.4 Å². The average molecular weight is 306 g/mol. The van der Waals surface area contributed by atoms with Gasteiger partial charge in [0.25, 0.3) is 0 Å². The number of carbonyl (C=O) groups is 2. The third kappa shape index (κ3) is 8.64. The summed E-state index contributed by atoms with van der Waals surface area (Å²) in [6, 6.07) is 0. The van der Waals surface area contributed by atoms with E-state index >= 15 is 0 Å². The molecule has 3 N–H and O–H groups in total. The van der Waals surface area contributed by atoms with Crippen LogP contribution in [0.4, 0.5) is 0 Å². The summed E-state index contributed by atoms with van der Waals surface area (Å²) < 4.78 is 9.95. The van der Waals surface area contributed by atoms with Gasteiger partial charge in [-0.15, -0.1) is 0 Å². The third-order valence-electron chi connectivity index (χ3n) is 2.96. The Morgan fingerprint density at radius 1 is 1.14 bits per heavy atom. The summed E-state index contributed by atoms with van der Waals surface area (Å²) in [7, 11) is 0. The number of esters is 2. The molecule has 0 amide bonds. The summed E-state index contributed by atoms with van der Waals surface area (Å²) in [6.45, 7) is 2.51. The van der Waals surface area contributed by atoms with Crippen molar-refractivity contribution in [1.82, 2.24) is 0 Å². The molecule has 0 aliphatic carbocycles. The quantitative estimate of drug-likeness (QED) is 0.460. The predicted octanol–water partition coefficient (Wildman–Crippen LogP) is 0.00330. The second-order valence-corrected chi connectivity index (χ2v) is 4.85. The molecule has 7 heteroatoms. The summed E-state index contributed by atoms with van der Waals surface area (Å²) in [5.41, 5.74) is 0. The van der Waals surface area contributed by atoms with Crippen molar-refractivity contribution in [2.75, 3.05) is 19.8 Å². The summed E-state index contributed by atoms with van der Waals surface area (Å²) >= 11 is 0. The maximum Gasteiger partial charge on any atom is 0.309 e. The zero-order chi connectivity index (χ0) is 16.3. The Hall–Kier alpha value is -1.18. The van der Waals surface area contributed by atoms with E-state index < -0.39 is 43.3 Å². The second kappa shape index (κ2) is 11.5. The standard InChI is InChI=1S/C14H26O7/c1-3-5-13(18)20-9-12(8-16)21-14(19)10(4-2)6-11(17)7-15/h10-12,15-17H,3-9H2,1-2H3. The van der Waals surface area contributed by atoms with Crippen LogP contribution in [0.5, 0.6) is 0 Å². The molecule has 0 aromatic carbocycles. The van der Waals surface area contributed by atoms with Gasteiger partial charge in [0.15, 0.2) is 6.10 Å². The van der Waals surface area contributed by atoms with Crippen molar-refractivity contribution in [2.45, 2.75) is 51.7 Å². The number of ether oxygens (including phenoxy) is 2. The fourth-order valence-electron chi connectivity index (χ4n) is 1.68. The molecule has 0 aromatic rings. The fraction of sp³-hybridized carbons (Fsp3) is 0.857. The van der Waals surface area contributed by atoms with Crippen molar-refractivity contribution >= 4 is 11.9 Å². The Balaban J connectivity index is 4.31.